The average molecular weight is 446 g/mol. The molecule has 0 aliphatic carbocycles. The molecule has 1 saturated heterocycles. The molecular weight excluding hydrogens is 422 g/mol. The van der Waals surface area contributed by atoms with Crippen LogP contribution in [0.3, 0.4) is 0 Å². The predicted molar refractivity (Wildman–Crippen MR) is 113 cm³/mol. The van der Waals surface area contributed by atoms with Crippen LogP contribution in [0.25, 0.3) is 0 Å². The molecule has 2 heterocycles. The van der Waals surface area contributed by atoms with Crippen molar-refractivity contribution in [1.82, 2.24) is 15.2 Å². The minimum Gasteiger partial charge on any atom is -0.494 e. The van der Waals surface area contributed by atoms with Crippen molar-refractivity contribution >= 4 is 35.0 Å². The normalized spacial score (nSPS) is 15.8. The summed E-state index contributed by atoms with van der Waals surface area (Å²) in [5.74, 6) is -2.06. The van der Waals surface area contributed by atoms with Gasteiger partial charge in [0.15, 0.2) is 0 Å². The van der Waals surface area contributed by atoms with E-state index in [1.54, 1.807) is 35.8 Å². The number of hydrogen-bond donors (Lipinski definition) is 4. The summed E-state index contributed by atoms with van der Waals surface area (Å²) in [5.41, 5.74) is 4.78. The summed E-state index contributed by atoms with van der Waals surface area (Å²) in [6.45, 7) is 0.710. The third kappa shape index (κ3) is 5.00. The van der Waals surface area contributed by atoms with Gasteiger partial charge in [-0.1, -0.05) is 0 Å². The second-order valence-corrected chi connectivity index (χ2v) is 7.94. The number of rotatable bonds is 10. The highest BCUT2D eigenvalue weighted by molar-refractivity contribution is 7.09. The average Bonchev–Trinajstić information content (AvgIpc) is 3.28. The third-order valence-electron chi connectivity index (χ3n) is 5.02. The number of carboxylic acid groups (broad SMARTS) is 1. The van der Waals surface area contributed by atoms with Crippen LogP contribution in [0, 0.1) is 5.41 Å². The van der Waals surface area contributed by atoms with Crippen LogP contribution < -0.4 is 15.8 Å². The van der Waals surface area contributed by atoms with Gasteiger partial charge in [-0.15, -0.1) is 11.3 Å². The van der Waals surface area contributed by atoms with Crippen LogP contribution in [0.1, 0.15) is 29.8 Å². The molecule has 164 valence electrons. The lowest BCUT2D eigenvalue weighted by atomic mass is 9.87. The van der Waals surface area contributed by atoms with Gasteiger partial charge in [0.25, 0.3) is 0 Å². The Balaban J connectivity index is 1.77. The van der Waals surface area contributed by atoms with Crippen molar-refractivity contribution in [3.63, 3.8) is 0 Å². The molecule has 5 N–H and O–H groups in total. The Bertz CT molecular complexity index is 963. The molecule has 11 heteroatoms. The van der Waals surface area contributed by atoms with Crippen molar-refractivity contribution in [3.05, 3.63) is 46.4 Å². The number of aliphatic carboxylic acids is 1. The maximum absolute atomic E-state index is 12.6. The largest absolute Gasteiger partial charge is 0.494 e. The van der Waals surface area contributed by atoms with Crippen molar-refractivity contribution in [2.75, 3.05) is 19.7 Å². The molecule has 1 aliphatic heterocycles. The van der Waals surface area contributed by atoms with Gasteiger partial charge in [0, 0.05) is 30.2 Å². The first-order chi connectivity index (χ1) is 14.8. The lowest BCUT2D eigenvalue weighted by Gasteiger charge is -2.43. The summed E-state index contributed by atoms with van der Waals surface area (Å²) in [5, 5.41) is 21.7. The van der Waals surface area contributed by atoms with E-state index in [4.69, 9.17) is 15.9 Å². The maximum atomic E-state index is 12.6. The first kappa shape index (κ1) is 22.2. The first-order valence-electron chi connectivity index (χ1n) is 9.62. The zero-order valence-corrected chi connectivity index (χ0v) is 17.5. The standard InChI is InChI=1S/C20H23N5O5S/c21-16(22)13-2-4-14(5-3-13)30-10-1-6-20(12-15(26)27,19-24-8-11-31-19)25-9-7-23-17(28)18(25)29/h2-5,8,11H,1,6-7,9-10,12H2,(H3,21,22)(H,23,28)(H,26,27). The number of carbonyl (C=O) groups is 3. The van der Waals surface area contributed by atoms with Crippen LogP contribution >= 0.6 is 11.3 Å². The number of nitrogens with two attached hydrogens (primary N) is 1. The molecule has 1 unspecified atom stereocenters. The molecule has 10 nitrogen and oxygen atoms in total. The maximum Gasteiger partial charge on any atom is 0.312 e. The first-order valence-corrected chi connectivity index (χ1v) is 10.5. The molecule has 0 radical (unpaired) electrons. The molecule has 2 aromatic rings. The number of nitrogens with one attached hydrogen (secondary N) is 2. The van der Waals surface area contributed by atoms with E-state index in [-0.39, 0.29) is 38.4 Å². The second-order valence-electron chi connectivity index (χ2n) is 7.04. The number of amides is 2. The molecule has 1 aromatic heterocycles. The molecule has 1 atom stereocenters. The van der Waals surface area contributed by atoms with Crippen LogP contribution in [0.5, 0.6) is 5.75 Å². The van der Waals surface area contributed by atoms with E-state index in [0.29, 0.717) is 22.7 Å². The predicted octanol–water partition coefficient (Wildman–Crippen LogP) is 0.915. The lowest BCUT2D eigenvalue weighted by molar-refractivity contribution is -0.157. The van der Waals surface area contributed by atoms with E-state index in [2.05, 4.69) is 10.3 Å². The monoisotopic (exact) mass is 445 g/mol. The zero-order chi connectivity index (χ0) is 22.4. The molecule has 0 spiro atoms. The summed E-state index contributed by atoms with van der Waals surface area (Å²) in [6.07, 6.45) is 1.87. The van der Waals surface area contributed by atoms with Crippen molar-refractivity contribution in [2.45, 2.75) is 24.8 Å². The zero-order valence-electron chi connectivity index (χ0n) is 16.7. The van der Waals surface area contributed by atoms with E-state index in [1.165, 1.54) is 16.2 Å². The van der Waals surface area contributed by atoms with Crippen molar-refractivity contribution in [1.29, 1.82) is 5.41 Å². The van der Waals surface area contributed by atoms with Gasteiger partial charge in [0.2, 0.25) is 0 Å². The van der Waals surface area contributed by atoms with Gasteiger partial charge in [-0.05, 0) is 37.1 Å². The van der Waals surface area contributed by atoms with E-state index in [9.17, 15) is 19.5 Å². The number of piperazine rings is 1. The minimum atomic E-state index is -1.24. The Kier molecular flexibility index (Phi) is 6.85. The second kappa shape index (κ2) is 9.56. The molecule has 3 rings (SSSR count). The molecule has 31 heavy (non-hydrogen) atoms. The minimum absolute atomic E-state index is 0.0383. The Morgan fingerprint density at radius 3 is 2.71 bits per heavy atom. The fourth-order valence-corrected chi connectivity index (χ4v) is 4.47. The molecule has 0 saturated carbocycles. The molecule has 1 fully saturated rings. The van der Waals surface area contributed by atoms with Gasteiger partial charge in [-0.3, -0.25) is 19.8 Å². The number of amidine groups is 1. The van der Waals surface area contributed by atoms with Crippen molar-refractivity contribution in [2.24, 2.45) is 5.73 Å². The number of nitrogens with zero attached hydrogens (tertiary/aromatic N) is 2. The number of ether oxygens (including phenoxy) is 1. The van der Waals surface area contributed by atoms with Crippen LogP contribution in [-0.2, 0) is 19.9 Å². The van der Waals surface area contributed by atoms with Crippen molar-refractivity contribution in [3.8, 4) is 5.75 Å². The van der Waals surface area contributed by atoms with E-state index in [0.717, 1.165) is 0 Å². The summed E-state index contributed by atoms with van der Waals surface area (Å²) in [7, 11) is 0. The third-order valence-corrected chi connectivity index (χ3v) is 5.99. The molecule has 2 amide bonds. The summed E-state index contributed by atoms with van der Waals surface area (Å²) < 4.78 is 5.74. The number of carbonyl (C=O) groups excluding carboxylic acids is 2. The molecular formula is C20H23N5O5S. The van der Waals surface area contributed by atoms with Gasteiger partial charge in [-0.25, -0.2) is 4.98 Å². The number of thiazole rings is 1. The Morgan fingerprint density at radius 1 is 1.35 bits per heavy atom. The van der Waals surface area contributed by atoms with E-state index >= 15 is 0 Å². The summed E-state index contributed by atoms with van der Waals surface area (Å²) >= 11 is 1.25. The Labute approximate surface area is 182 Å². The number of hydrogen-bond acceptors (Lipinski definition) is 7. The van der Waals surface area contributed by atoms with E-state index in [1.807, 2.05) is 0 Å². The van der Waals surface area contributed by atoms with Gasteiger partial charge in [0.1, 0.15) is 22.1 Å². The number of benzene rings is 1. The summed E-state index contributed by atoms with van der Waals surface area (Å²) in [4.78, 5) is 42.0. The van der Waals surface area contributed by atoms with Crippen molar-refractivity contribution < 1.29 is 24.2 Å². The van der Waals surface area contributed by atoms with Gasteiger partial charge >= 0.3 is 17.8 Å². The van der Waals surface area contributed by atoms with Gasteiger partial charge in [-0.2, -0.15) is 0 Å². The highest BCUT2D eigenvalue weighted by Gasteiger charge is 2.47. The molecule has 1 aliphatic rings. The van der Waals surface area contributed by atoms with Crippen LogP contribution in [0.4, 0.5) is 0 Å². The smallest absolute Gasteiger partial charge is 0.312 e. The highest BCUT2D eigenvalue weighted by atomic mass is 32.1. The molecule has 0 bridgehead atoms. The van der Waals surface area contributed by atoms with E-state index < -0.39 is 23.3 Å². The van der Waals surface area contributed by atoms with Gasteiger partial charge < -0.3 is 25.8 Å². The van der Waals surface area contributed by atoms with Gasteiger partial charge in [0.05, 0.1) is 13.0 Å². The lowest BCUT2D eigenvalue weighted by Crippen LogP contribution is -2.60. The quantitative estimate of drug-likeness (QED) is 0.183. The number of aromatic nitrogens is 1. The van der Waals surface area contributed by atoms with Crippen LogP contribution in [0.2, 0.25) is 0 Å². The van der Waals surface area contributed by atoms with Crippen LogP contribution in [0.15, 0.2) is 35.8 Å². The molecule has 1 aromatic carbocycles. The fourth-order valence-electron chi connectivity index (χ4n) is 3.59. The topological polar surface area (TPSA) is 159 Å². The number of nitrogen functional groups attached to an aromatic ring is 1. The Hall–Kier alpha value is -3.47. The SMILES string of the molecule is N=C(N)c1ccc(OCCCC(CC(=O)O)(c2nccs2)N2CCNC(=O)C2=O)cc1. The fraction of sp³-hybridized carbons (Fsp3) is 0.350. The van der Waals surface area contributed by atoms with Crippen LogP contribution in [-0.4, -0.2) is 58.3 Å². The summed E-state index contributed by atoms with van der Waals surface area (Å²) in [6, 6.07) is 6.74. The highest BCUT2D eigenvalue weighted by Crippen LogP contribution is 2.39. The Morgan fingerprint density at radius 2 is 2.10 bits per heavy atom. The number of carboxylic acids is 1.